The Morgan fingerprint density at radius 3 is 2.35 bits per heavy atom. The van der Waals surface area contributed by atoms with E-state index in [1.165, 1.54) is 32.4 Å². The Labute approximate surface area is 153 Å². The molecule has 0 spiro atoms. The van der Waals surface area contributed by atoms with Gasteiger partial charge in [-0.3, -0.25) is 0 Å². The van der Waals surface area contributed by atoms with Crippen LogP contribution in [0.2, 0.25) is 0 Å². The average Bonchev–Trinajstić information content (AvgIpc) is 3.25. The van der Waals surface area contributed by atoms with Crippen molar-refractivity contribution >= 4 is 17.6 Å². The van der Waals surface area contributed by atoms with Crippen LogP contribution in [0.3, 0.4) is 0 Å². The summed E-state index contributed by atoms with van der Waals surface area (Å²) < 4.78 is 0. The van der Waals surface area contributed by atoms with E-state index in [4.69, 9.17) is 15.9 Å². The van der Waals surface area contributed by atoms with Gasteiger partial charge in [0.1, 0.15) is 0 Å². The van der Waals surface area contributed by atoms with Crippen LogP contribution in [0.4, 0.5) is 5.69 Å². The SMILES string of the molecule is CN1CC2C3CCC(C3)C2(c2ccc(N)cc2)C1.O=C(O)C=CC(=O)O. The minimum absolute atomic E-state index is 0.450. The number of aliphatic carboxylic acids is 2. The number of benzene rings is 1. The predicted molar refractivity (Wildman–Crippen MR) is 98.8 cm³/mol. The summed E-state index contributed by atoms with van der Waals surface area (Å²) in [5, 5.41) is 15.6. The lowest BCUT2D eigenvalue weighted by Gasteiger charge is -2.39. The van der Waals surface area contributed by atoms with Gasteiger partial charge in [0.05, 0.1) is 0 Å². The first-order valence-corrected chi connectivity index (χ1v) is 9.01. The molecule has 1 saturated heterocycles. The topological polar surface area (TPSA) is 104 Å². The van der Waals surface area contributed by atoms with Crippen molar-refractivity contribution in [3.63, 3.8) is 0 Å². The summed E-state index contributed by atoms with van der Waals surface area (Å²) in [5.41, 5.74) is 8.75. The molecule has 0 radical (unpaired) electrons. The fourth-order valence-corrected chi connectivity index (χ4v) is 5.46. The Kier molecular flexibility index (Phi) is 5.05. The number of fused-ring (bicyclic) bond motifs is 5. The van der Waals surface area contributed by atoms with Crippen molar-refractivity contribution in [3.8, 4) is 0 Å². The molecule has 26 heavy (non-hydrogen) atoms. The van der Waals surface area contributed by atoms with E-state index >= 15 is 0 Å². The van der Waals surface area contributed by atoms with Gasteiger partial charge < -0.3 is 20.8 Å². The second kappa shape index (κ2) is 7.11. The highest BCUT2D eigenvalue weighted by Crippen LogP contribution is 2.63. The van der Waals surface area contributed by atoms with E-state index in [0.29, 0.717) is 17.6 Å². The standard InChI is InChI=1S/C16H22N2.C4H4O4/c1-18-9-15-11-2-3-13(8-11)16(15,10-18)12-4-6-14(17)7-5-12;5-3(6)1-2-4(7)8/h4-7,11,13,15H,2-3,8-10,17H2,1H3;1-2H,(H,5,6)(H,7,8). The van der Waals surface area contributed by atoms with Gasteiger partial charge in [-0.05, 0) is 61.8 Å². The highest BCUT2D eigenvalue weighted by Gasteiger charge is 2.61. The van der Waals surface area contributed by atoms with E-state index in [1.807, 2.05) is 0 Å². The quantitative estimate of drug-likeness (QED) is 0.565. The molecule has 2 bridgehead atoms. The van der Waals surface area contributed by atoms with Crippen molar-refractivity contribution in [3.05, 3.63) is 42.0 Å². The Hall–Kier alpha value is -2.34. The van der Waals surface area contributed by atoms with E-state index in [0.717, 1.165) is 23.4 Å². The number of carbonyl (C=O) groups is 2. The molecular weight excluding hydrogens is 332 g/mol. The third kappa shape index (κ3) is 3.33. The molecule has 4 rings (SSSR count). The molecular formula is C20H26N2O4. The van der Waals surface area contributed by atoms with Gasteiger partial charge in [-0.15, -0.1) is 0 Å². The van der Waals surface area contributed by atoms with E-state index in [1.54, 1.807) is 5.56 Å². The van der Waals surface area contributed by atoms with Crippen LogP contribution in [0.5, 0.6) is 0 Å². The van der Waals surface area contributed by atoms with E-state index in [2.05, 4.69) is 36.2 Å². The Balaban J connectivity index is 0.000000211. The Morgan fingerprint density at radius 2 is 1.77 bits per heavy atom. The summed E-state index contributed by atoms with van der Waals surface area (Å²) in [5.74, 6) is 0.281. The fourth-order valence-electron chi connectivity index (χ4n) is 5.46. The van der Waals surface area contributed by atoms with Crippen molar-refractivity contribution < 1.29 is 19.8 Å². The normalized spacial score (nSPS) is 32.3. The maximum atomic E-state index is 9.55. The lowest BCUT2D eigenvalue weighted by molar-refractivity contribution is -0.134. The number of rotatable bonds is 3. The van der Waals surface area contributed by atoms with Crippen LogP contribution in [0, 0.1) is 17.8 Å². The number of hydrogen-bond donors (Lipinski definition) is 3. The lowest BCUT2D eigenvalue weighted by atomic mass is 9.64. The molecule has 0 aromatic heterocycles. The highest BCUT2D eigenvalue weighted by atomic mass is 16.4. The smallest absolute Gasteiger partial charge is 0.328 e. The van der Waals surface area contributed by atoms with Crippen LogP contribution in [0.1, 0.15) is 24.8 Å². The zero-order valence-electron chi connectivity index (χ0n) is 15.0. The summed E-state index contributed by atoms with van der Waals surface area (Å²) in [6.45, 7) is 2.55. The molecule has 4 unspecified atom stereocenters. The van der Waals surface area contributed by atoms with Crippen LogP contribution in [-0.4, -0.2) is 47.2 Å². The number of hydrogen-bond acceptors (Lipinski definition) is 4. The van der Waals surface area contributed by atoms with Gasteiger partial charge >= 0.3 is 11.9 Å². The molecule has 140 valence electrons. The zero-order chi connectivity index (χ0) is 18.9. The van der Waals surface area contributed by atoms with Gasteiger partial charge in [0.25, 0.3) is 0 Å². The van der Waals surface area contributed by atoms with Crippen LogP contribution in [0.15, 0.2) is 36.4 Å². The number of nitrogen functional groups attached to an aromatic ring is 1. The highest BCUT2D eigenvalue weighted by molar-refractivity contribution is 5.89. The Morgan fingerprint density at radius 1 is 1.15 bits per heavy atom. The lowest BCUT2D eigenvalue weighted by Crippen LogP contribution is -2.40. The van der Waals surface area contributed by atoms with Gasteiger partial charge in [-0.2, -0.15) is 0 Å². The Bertz CT molecular complexity index is 699. The van der Waals surface area contributed by atoms with Gasteiger partial charge in [-0.25, -0.2) is 9.59 Å². The molecule has 6 nitrogen and oxygen atoms in total. The van der Waals surface area contributed by atoms with Crippen molar-refractivity contribution in [2.45, 2.75) is 24.7 Å². The van der Waals surface area contributed by atoms with Crippen molar-refractivity contribution in [2.75, 3.05) is 25.9 Å². The molecule has 2 aliphatic carbocycles. The minimum atomic E-state index is -1.26. The zero-order valence-corrected chi connectivity index (χ0v) is 15.0. The second-order valence-corrected chi connectivity index (χ2v) is 7.75. The van der Waals surface area contributed by atoms with E-state index in [9.17, 15) is 9.59 Å². The summed E-state index contributed by atoms with van der Waals surface area (Å²) in [6.07, 6.45) is 5.51. The molecule has 1 aliphatic heterocycles. The molecule has 2 saturated carbocycles. The van der Waals surface area contributed by atoms with Gasteiger partial charge in [-0.1, -0.05) is 12.1 Å². The minimum Gasteiger partial charge on any atom is -0.478 e. The molecule has 3 fully saturated rings. The van der Waals surface area contributed by atoms with Crippen LogP contribution < -0.4 is 5.73 Å². The van der Waals surface area contributed by atoms with E-state index in [-0.39, 0.29) is 0 Å². The number of nitrogens with two attached hydrogens (primary N) is 1. The van der Waals surface area contributed by atoms with Gasteiger partial charge in [0.2, 0.25) is 0 Å². The summed E-state index contributed by atoms with van der Waals surface area (Å²) in [4.78, 5) is 21.7. The number of likely N-dealkylation sites (tertiary alicyclic amines) is 1. The number of nitrogens with zero attached hydrogens (tertiary/aromatic N) is 1. The number of carboxylic acid groups (broad SMARTS) is 2. The first-order valence-electron chi connectivity index (χ1n) is 9.01. The van der Waals surface area contributed by atoms with E-state index < -0.39 is 11.9 Å². The first-order chi connectivity index (χ1) is 12.3. The summed E-state index contributed by atoms with van der Waals surface area (Å²) in [7, 11) is 2.29. The molecule has 3 aliphatic rings. The fraction of sp³-hybridized carbons (Fsp3) is 0.500. The molecule has 6 heteroatoms. The second-order valence-electron chi connectivity index (χ2n) is 7.75. The van der Waals surface area contributed by atoms with Crippen LogP contribution >= 0.6 is 0 Å². The predicted octanol–water partition coefficient (Wildman–Crippen LogP) is 2.21. The molecule has 0 amide bonds. The van der Waals surface area contributed by atoms with Crippen molar-refractivity contribution in [2.24, 2.45) is 17.8 Å². The summed E-state index contributed by atoms with van der Waals surface area (Å²) in [6, 6.07) is 8.77. The number of carboxylic acids is 2. The molecule has 1 aromatic carbocycles. The molecule has 1 heterocycles. The monoisotopic (exact) mass is 358 g/mol. The molecule has 1 aromatic rings. The number of likely N-dealkylation sites (N-methyl/N-ethyl adjacent to an activating group) is 1. The average molecular weight is 358 g/mol. The van der Waals surface area contributed by atoms with Crippen molar-refractivity contribution in [1.82, 2.24) is 4.90 Å². The third-order valence-corrected chi connectivity index (χ3v) is 6.29. The maximum Gasteiger partial charge on any atom is 0.328 e. The molecule has 4 N–H and O–H groups in total. The molecule has 4 atom stereocenters. The maximum absolute atomic E-state index is 9.55. The van der Waals surface area contributed by atoms with Gasteiger partial charge in [0, 0.05) is 36.3 Å². The first kappa shape index (κ1) is 18.5. The van der Waals surface area contributed by atoms with Gasteiger partial charge in [0.15, 0.2) is 0 Å². The van der Waals surface area contributed by atoms with Crippen LogP contribution in [-0.2, 0) is 15.0 Å². The van der Waals surface area contributed by atoms with Crippen molar-refractivity contribution in [1.29, 1.82) is 0 Å². The number of anilines is 1. The largest absolute Gasteiger partial charge is 0.478 e. The third-order valence-electron chi connectivity index (χ3n) is 6.29. The van der Waals surface area contributed by atoms with Crippen LogP contribution in [0.25, 0.3) is 0 Å². The summed E-state index contributed by atoms with van der Waals surface area (Å²) >= 11 is 0.